The first-order valence-electron chi connectivity index (χ1n) is 8.78. The van der Waals surface area contributed by atoms with Crippen LogP contribution >= 0.6 is 0 Å². The molecule has 2 aromatic carbocycles. The number of para-hydroxylation sites is 2. The first-order valence-corrected chi connectivity index (χ1v) is 8.78. The molecule has 1 heterocycles. The van der Waals surface area contributed by atoms with Crippen LogP contribution in [0.3, 0.4) is 0 Å². The number of benzene rings is 2. The van der Waals surface area contributed by atoms with Gasteiger partial charge in [-0.3, -0.25) is 0 Å². The van der Waals surface area contributed by atoms with E-state index in [4.69, 9.17) is 14.2 Å². The monoisotopic (exact) mass is 403 g/mol. The number of aromatic nitrogens is 2. The van der Waals surface area contributed by atoms with E-state index in [-0.39, 0.29) is 23.2 Å². The number of ether oxygens (including phenoxy) is 3. The highest BCUT2D eigenvalue weighted by Gasteiger charge is 2.17. The summed E-state index contributed by atoms with van der Waals surface area (Å²) >= 11 is 0. The van der Waals surface area contributed by atoms with E-state index in [9.17, 15) is 15.2 Å². The van der Waals surface area contributed by atoms with E-state index in [2.05, 4.69) is 9.97 Å². The van der Waals surface area contributed by atoms with Crippen LogP contribution in [0.15, 0.2) is 60.9 Å². The molecule has 30 heavy (non-hydrogen) atoms. The molecule has 0 aliphatic rings. The second-order valence-electron chi connectivity index (χ2n) is 6.01. The number of carboxylic acid groups (broad SMARTS) is 1. The topological polar surface area (TPSA) is 115 Å². The quantitative estimate of drug-likeness (QED) is 0.458. The fraction of sp³-hybridized carbons (Fsp3) is 0.0909. The van der Waals surface area contributed by atoms with E-state index in [1.54, 1.807) is 61.5 Å². The summed E-state index contributed by atoms with van der Waals surface area (Å²) in [5.74, 6) is -0.428. The van der Waals surface area contributed by atoms with Crippen LogP contribution in [0.4, 0.5) is 0 Å². The number of nitriles is 1. The van der Waals surface area contributed by atoms with E-state index < -0.39 is 5.97 Å². The molecule has 0 bridgehead atoms. The number of hydrogen-bond donors (Lipinski definition) is 1. The molecule has 0 radical (unpaired) electrons. The Bertz CT molecular complexity index is 1150. The van der Waals surface area contributed by atoms with Gasteiger partial charge in [0.1, 0.15) is 23.1 Å². The second-order valence-corrected chi connectivity index (χ2v) is 6.01. The highest BCUT2D eigenvalue weighted by atomic mass is 16.5. The summed E-state index contributed by atoms with van der Waals surface area (Å²) < 4.78 is 16.4. The van der Waals surface area contributed by atoms with Gasteiger partial charge in [0.25, 0.3) is 0 Å². The van der Waals surface area contributed by atoms with E-state index >= 15 is 0 Å². The van der Waals surface area contributed by atoms with Crippen LogP contribution in [0.2, 0.25) is 0 Å². The number of aliphatic carboxylic acids is 1. The van der Waals surface area contributed by atoms with Crippen molar-refractivity contribution >= 4 is 11.5 Å². The first-order chi connectivity index (χ1) is 14.5. The van der Waals surface area contributed by atoms with Crippen molar-refractivity contribution in [3.8, 4) is 29.5 Å². The molecule has 0 atom stereocenters. The van der Waals surface area contributed by atoms with Gasteiger partial charge in [-0.1, -0.05) is 30.3 Å². The maximum Gasteiger partial charge on any atom is 0.339 e. The summed E-state index contributed by atoms with van der Waals surface area (Å²) in [4.78, 5) is 20.0. The molecule has 8 heteroatoms. The lowest BCUT2D eigenvalue weighted by Gasteiger charge is -2.12. The molecule has 1 N–H and O–H groups in total. The van der Waals surface area contributed by atoms with Crippen molar-refractivity contribution in [1.82, 2.24) is 9.97 Å². The zero-order chi connectivity index (χ0) is 21.5. The molecule has 3 rings (SSSR count). The number of aryl methyl sites for hydroxylation is 1. The van der Waals surface area contributed by atoms with Crippen molar-refractivity contribution in [1.29, 1.82) is 5.26 Å². The van der Waals surface area contributed by atoms with Gasteiger partial charge in [0, 0.05) is 17.3 Å². The molecule has 0 saturated carbocycles. The average molecular weight is 403 g/mol. The molecule has 0 spiro atoms. The average Bonchev–Trinajstić information content (AvgIpc) is 2.72. The van der Waals surface area contributed by atoms with Gasteiger partial charge in [-0.15, -0.1) is 0 Å². The predicted octanol–water partition coefficient (Wildman–Crippen LogP) is 4.31. The van der Waals surface area contributed by atoms with Gasteiger partial charge in [-0.25, -0.2) is 4.79 Å². The number of carbonyl (C=O) groups is 1. The van der Waals surface area contributed by atoms with E-state index in [0.717, 1.165) is 6.26 Å². The van der Waals surface area contributed by atoms with Crippen LogP contribution in [0.1, 0.15) is 16.8 Å². The highest BCUT2D eigenvalue weighted by molar-refractivity contribution is 6.15. The smallest absolute Gasteiger partial charge is 0.339 e. The minimum Gasteiger partial charge on any atom is -0.503 e. The molecule has 0 aliphatic heterocycles. The fourth-order valence-corrected chi connectivity index (χ4v) is 2.60. The second kappa shape index (κ2) is 9.21. The normalized spacial score (nSPS) is 10.8. The molecular weight excluding hydrogens is 386 g/mol. The van der Waals surface area contributed by atoms with Gasteiger partial charge in [-0.2, -0.15) is 15.2 Å². The fourth-order valence-electron chi connectivity index (χ4n) is 2.60. The molecule has 0 unspecified atom stereocenters. The van der Waals surface area contributed by atoms with Crippen molar-refractivity contribution in [3.05, 3.63) is 77.7 Å². The largest absolute Gasteiger partial charge is 0.503 e. The van der Waals surface area contributed by atoms with Crippen molar-refractivity contribution in [2.24, 2.45) is 0 Å². The predicted molar refractivity (Wildman–Crippen MR) is 107 cm³/mol. The summed E-state index contributed by atoms with van der Waals surface area (Å²) in [5, 5.41) is 18.7. The Labute approximate surface area is 172 Å². The first kappa shape index (κ1) is 20.4. The minimum atomic E-state index is -1.16. The third kappa shape index (κ3) is 4.72. The van der Waals surface area contributed by atoms with Crippen LogP contribution in [0.25, 0.3) is 5.57 Å². The number of nitrogens with zero attached hydrogens (tertiary/aromatic N) is 3. The Kier molecular flexibility index (Phi) is 6.25. The number of rotatable bonds is 7. The molecule has 0 amide bonds. The zero-order valence-electron chi connectivity index (χ0n) is 16.2. The minimum absolute atomic E-state index is 0.00364. The number of hydrogen-bond acceptors (Lipinski definition) is 7. The SMILES string of the molecule is CO/C=C(/C(=O)O)c1ccccc1Oc1cc(C)nc(Oc2ccccc2C#N)n1. The molecule has 150 valence electrons. The van der Waals surface area contributed by atoms with Gasteiger partial charge in [0.2, 0.25) is 5.88 Å². The molecule has 0 aliphatic carbocycles. The summed E-state index contributed by atoms with van der Waals surface area (Å²) in [7, 11) is 1.36. The van der Waals surface area contributed by atoms with Gasteiger partial charge >= 0.3 is 12.0 Å². The third-order valence-electron chi connectivity index (χ3n) is 3.88. The van der Waals surface area contributed by atoms with Gasteiger partial charge in [-0.05, 0) is 25.1 Å². The van der Waals surface area contributed by atoms with E-state index in [0.29, 0.717) is 22.6 Å². The summed E-state index contributed by atoms with van der Waals surface area (Å²) in [5.41, 5.74) is 1.15. The lowest BCUT2D eigenvalue weighted by molar-refractivity contribution is -0.130. The van der Waals surface area contributed by atoms with E-state index in [1.807, 2.05) is 6.07 Å². The van der Waals surface area contributed by atoms with Crippen LogP contribution < -0.4 is 9.47 Å². The lowest BCUT2D eigenvalue weighted by Crippen LogP contribution is -2.03. The summed E-state index contributed by atoms with van der Waals surface area (Å²) in [6.07, 6.45) is 1.13. The molecule has 8 nitrogen and oxygen atoms in total. The van der Waals surface area contributed by atoms with Crippen molar-refractivity contribution in [3.63, 3.8) is 0 Å². The summed E-state index contributed by atoms with van der Waals surface area (Å²) in [6, 6.07) is 16.9. The van der Waals surface area contributed by atoms with Crippen LogP contribution in [0.5, 0.6) is 23.4 Å². The molecule has 1 aromatic heterocycles. The zero-order valence-corrected chi connectivity index (χ0v) is 16.2. The van der Waals surface area contributed by atoms with Crippen LogP contribution in [-0.4, -0.2) is 28.2 Å². The van der Waals surface area contributed by atoms with Crippen LogP contribution in [-0.2, 0) is 9.53 Å². The Morgan fingerprint density at radius 3 is 2.47 bits per heavy atom. The Balaban J connectivity index is 1.95. The highest BCUT2D eigenvalue weighted by Crippen LogP contribution is 2.31. The van der Waals surface area contributed by atoms with Gasteiger partial charge in [0.05, 0.1) is 18.9 Å². The Morgan fingerprint density at radius 1 is 1.07 bits per heavy atom. The van der Waals surface area contributed by atoms with Crippen molar-refractivity contribution < 1.29 is 24.1 Å². The lowest BCUT2D eigenvalue weighted by atomic mass is 10.1. The van der Waals surface area contributed by atoms with Crippen molar-refractivity contribution in [2.75, 3.05) is 7.11 Å². The number of methoxy groups -OCH3 is 1. The molecule has 0 fully saturated rings. The van der Waals surface area contributed by atoms with Gasteiger partial charge in [0.15, 0.2) is 0 Å². The standard InChI is InChI=1S/C22H17N3O5/c1-14-11-20(25-22(24-14)30-18-9-5-3-7-15(18)12-23)29-19-10-6-4-8-16(19)17(13-28-2)21(26)27/h3-11,13H,1-2H3,(H,26,27)/b17-13+. The maximum atomic E-state index is 11.6. The summed E-state index contributed by atoms with van der Waals surface area (Å²) in [6.45, 7) is 1.73. The molecular formula is C22H17N3O5. The Morgan fingerprint density at radius 2 is 1.77 bits per heavy atom. The van der Waals surface area contributed by atoms with Crippen LogP contribution in [0, 0.1) is 18.3 Å². The maximum absolute atomic E-state index is 11.6. The van der Waals surface area contributed by atoms with Crippen molar-refractivity contribution in [2.45, 2.75) is 6.92 Å². The van der Waals surface area contributed by atoms with Gasteiger partial charge < -0.3 is 19.3 Å². The van der Waals surface area contributed by atoms with E-state index in [1.165, 1.54) is 7.11 Å². The molecule has 0 saturated heterocycles. The number of carboxylic acids is 1. The third-order valence-corrected chi connectivity index (χ3v) is 3.88. The molecule has 3 aromatic rings. The Hall–Kier alpha value is -4.38.